The first-order valence-electron chi connectivity index (χ1n) is 6.07. The van der Waals surface area contributed by atoms with Gasteiger partial charge in [-0.15, -0.1) is 11.6 Å². The number of benzene rings is 2. The Labute approximate surface area is 141 Å². The van der Waals surface area contributed by atoms with Crippen LogP contribution in [-0.4, -0.2) is 9.97 Å². The summed E-state index contributed by atoms with van der Waals surface area (Å²) in [7, 11) is 0. The molecular weight excluding hydrogens is 350 g/mol. The molecule has 3 rings (SSSR count). The van der Waals surface area contributed by atoms with Crippen LogP contribution in [0.3, 0.4) is 0 Å². The first kappa shape index (κ1) is 14.9. The summed E-state index contributed by atoms with van der Waals surface area (Å²) in [6.07, 6.45) is 0. The van der Waals surface area contributed by atoms with Crippen molar-refractivity contribution in [1.29, 1.82) is 0 Å². The van der Waals surface area contributed by atoms with Gasteiger partial charge in [0, 0.05) is 10.0 Å². The molecule has 0 aliphatic rings. The van der Waals surface area contributed by atoms with Gasteiger partial charge in [-0.1, -0.05) is 53.0 Å². The van der Waals surface area contributed by atoms with Crippen molar-refractivity contribution in [3.63, 3.8) is 0 Å². The molecular formula is C15H8Cl4N2. The Kier molecular flexibility index (Phi) is 4.23. The highest BCUT2D eigenvalue weighted by atomic mass is 35.5. The van der Waals surface area contributed by atoms with E-state index in [1.807, 2.05) is 24.3 Å². The third kappa shape index (κ3) is 2.95. The van der Waals surface area contributed by atoms with Crippen molar-refractivity contribution in [3.8, 4) is 0 Å². The van der Waals surface area contributed by atoms with Crippen molar-refractivity contribution in [2.75, 3.05) is 0 Å². The van der Waals surface area contributed by atoms with Crippen LogP contribution < -0.4 is 0 Å². The molecule has 0 saturated heterocycles. The first-order valence-corrected chi connectivity index (χ1v) is 7.64. The second kappa shape index (κ2) is 5.98. The lowest BCUT2D eigenvalue weighted by atomic mass is 10.1. The number of hydrogen-bond acceptors (Lipinski definition) is 2. The first-order chi connectivity index (χ1) is 10.1. The summed E-state index contributed by atoms with van der Waals surface area (Å²) in [6, 6.07) is 12.6. The third-order valence-corrected chi connectivity index (χ3v) is 4.31. The van der Waals surface area contributed by atoms with E-state index >= 15 is 0 Å². The van der Waals surface area contributed by atoms with E-state index < -0.39 is 5.38 Å². The van der Waals surface area contributed by atoms with E-state index in [1.165, 1.54) is 0 Å². The summed E-state index contributed by atoms with van der Waals surface area (Å²) < 4.78 is 0. The molecule has 0 aliphatic carbocycles. The standard InChI is InChI=1S/C15H8Cl4N2/c16-8-5-6-9(10(17)7-8)13(18)14-15(19)21-12-4-2-1-3-11(12)20-14/h1-7,13H/t13-/m1/s1. The maximum absolute atomic E-state index is 6.48. The van der Waals surface area contributed by atoms with Gasteiger partial charge in [-0.3, -0.25) is 0 Å². The van der Waals surface area contributed by atoms with Crippen molar-refractivity contribution in [3.05, 3.63) is 68.9 Å². The lowest BCUT2D eigenvalue weighted by molar-refractivity contribution is 1.03. The third-order valence-electron chi connectivity index (χ3n) is 3.03. The molecule has 0 bridgehead atoms. The van der Waals surface area contributed by atoms with Crippen LogP contribution in [0.1, 0.15) is 16.6 Å². The Morgan fingerprint density at radius 2 is 1.52 bits per heavy atom. The van der Waals surface area contributed by atoms with Crippen molar-refractivity contribution < 1.29 is 0 Å². The number of halogens is 4. The lowest BCUT2D eigenvalue weighted by Crippen LogP contribution is -2.01. The number of hydrogen-bond donors (Lipinski definition) is 0. The van der Waals surface area contributed by atoms with E-state index in [-0.39, 0.29) is 5.15 Å². The molecule has 0 radical (unpaired) electrons. The molecule has 6 heteroatoms. The Bertz CT molecular complexity index is 820. The highest BCUT2D eigenvalue weighted by molar-refractivity contribution is 6.36. The van der Waals surface area contributed by atoms with Gasteiger partial charge in [-0.05, 0) is 29.8 Å². The molecule has 0 fully saturated rings. The van der Waals surface area contributed by atoms with E-state index in [1.54, 1.807) is 18.2 Å². The van der Waals surface area contributed by atoms with Gasteiger partial charge in [-0.2, -0.15) is 0 Å². The van der Waals surface area contributed by atoms with Crippen molar-refractivity contribution in [1.82, 2.24) is 9.97 Å². The van der Waals surface area contributed by atoms with Crippen LogP contribution in [0.25, 0.3) is 11.0 Å². The number of rotatable bonds is 2. The number of para-hydroxylation sites is 2. The maximum Gasteiger partial charge on any atom is 0.153 e. The zero-order valence-corrected chi connectivity index (χ0v) is 13.5. The van der Waals surface area contributed by atoms with Gasteiger partial charge in [0.1, 0.15) is 11.1 Å². The number of fused-ring (bicyclic) bond motifs is 1. The molecule has 21 heavy (non-hydrogen) atoms. The van der Waals surface area contributed by atoms with Crippen LogP contribution in [-0.2, 0) is 0 Å². The van der Waals surface area contributed by atoms with E-state index in [4.69, 9.17) is 46.4 Å². The second-order valence-electron chi connectivity index (χ2n) is 4.42. The second-order valence-corrected chi connectivity index (χ2v) is 6.05. The summed E-state index contributed by atoms with van der Waals surface area (Å²) >= 11 is 24.8. The SMILES string of the molecule is Clc1ccc([C@@H](Cl)c2nc3ccccc3nc2Cl)c(Cl)c1. The predicted molar refractivity (Wildman–Crippen MR) is 88.7 cm³/mol. The molecule has 0 saturated carbocycles. The van der Waals surface area contributed by atoms with Gasteiger partial charge in [0.15, 0.2) is 5.15 Å². The Morgan fingerprint density at radius 3 is 2.19 bits per heavy atom. The predicted octanol–water partition coefficient (Wildman–Crippen LogP) is 5.92. The lowest BCUT2D eigenvalue weighted by Gasteiger charge is -2.13. The fraction of sp³-hybridized carbons (Fsp3) is 0.0667. The van der Waals surface area contributed by atoms with Gasteiger partial charge < -0.3 is 0 Å². The summed E-state index contributed by atoms with van der Waals surface area (Å²) in [5.74, 6) is 0. The minimum Gasteiger partial charge on any atom is -0.246 e. The molecule has 0 unspecified atom stereocenters. The Morgan fingerprint density at radius 1 is 0.857 bits per heavy atom. The monoisotopic (exact) mass is 356 g/mol. The zero-order valence-electron chi connectivity index (χ0n) is 10.5. The van der Waals surface area contributed by atoms with Crippen LogP contribution in [0.2, 0.25) is 15.2 Å². The molecule has 106 valence electrons. The van der Waals surface area contributed by atoms with Gasteiger partial charge in [0.25, 0.3) is 0 Å². The minimum absolute atomic E-state index is 0.264. The van der Waals surface area contributed by atoms with E-state index in [9.17, 15) is 0 Å². The summed E-state index contributed by atoms with van der Waals surface area (Å²) in [5, 5.41) is 0.677. The van der Waals surface area contributed by atoms with Crippen LogP contribution in [0.5, 0.6) is 0 Å². The van der Waals surface area contributed by atoms with E-state index in [0.717, 1.165) is 11.0 Å². The largest absolute Gasteiger partial charge is 0.246 e. The quantitative estimate of drug-likeness (QED) is 0.532. The zero-order chi connectivity index (χ0) is 15.0. The van der Waals surface area contributed by atoms with Crippen LogP contribution >= 0.6 is 46.4 Å². The smallest absolute Gasteiger partial charge is 0.153 e. The van der Waals surface area contributed by atoms with E-state index in [0.29, 0.717) is 21.3 Å². The molecule has 1 aromatic heterocycles. The highest BCUT2D eigenvalue weighted by Crippen LogP contribution is 2.37. The molecule has 0 N–H and O–H groups in total. The van der Waals surface area contributed by atoms with Crippen molar-refractivity contribution in [2.45, 2.75) is 5.38 Å². The molecule has 2 aromatic carbocycles. The van der Waals surface area contributed by atoms with Gasteiger partial charge in [-0.25, -0.2) is 9.97 Å². The van der Waals surface area contributed by atoms with Gasteiger partial charge in [0.2, 0.25) is 0 Å². The minimum atomic E-state index is -0.598. The molecule has 0 amide bonds. The average Bonchev–Trinajstić information content (AvgIpc) is 2.46. The molecule has 3 aromatic rings. The molecule has 0 spiro atoms. The van der Waals surface area contributed by atoms with Gasteiger partial charge in [0.05, 0.1) is 11.0 Å². The summed E-state index contributed by atoms with van der Waals surface area (Å²) in [4.78, 5) is 8.82. The number of alkyl halides is 1. The topological polar surface area (TPSA) is 25.8 Å². The summed E-state index contributed by atoms with van der Waals surface area (Å²) in [5.41, 5.74) is 2.61. The fourth-order valence-corrected chi connectivity index (χ4v) is 3.22. The van der Waals surface area contributed by atoms with Crippen LogP contribution in [0.15, 0.2) is 42.5 Å². The van der Waals surface area contributed by atoms with Crippen molar-refractivity contribution >= 4 is 57.4 Å². The summed E-state index contributed by atoms with van der Waals surface area (Å²) in [6.45, 7) is 0. The fourth-order valence-electron chi connectivity index (χ4n) is 2.01. The molecule has 2 nitrogen and oxygen atoms in total. The van der Waals surface area contributed by atoms with Crippen LogP contribution in [0.4, 0.5) is 0 Å². The molecule has 1 heterocycles. The van der Waals surface area contributed by atoms with Gasteiger partial charge >= 0.3 is 0 Å². The molecule has 0 aliphatic heterocycles. The van der Waals surface area contributed by atoms with E-state index in [2.05, 4.69) is 9.97 Å². The average molecular weight is 358 g/mol. The highest BCUT2D eigenvalue weighted by Gasteiger charge is 2.20. The number of aromatic nitrogens is 2. The maximum atomic E-state index is 6.48. The number of nitrogens with zero attached hydrogens (tertiary/aromatic N) is 2. The van der Waals surface area contributed by atoms with Crippen molar-refractivity contribution in [2.24, 2.45) is 0 Å². The Balaban J connectivity index is 2.12. The molecule has 1 atom stereocenters. The van der Waals surface area contributed by atoms with Crippen LogP contribution in [0, 0.1) is 0 Å². The Hall–Kier alpha value is -1.06. The normalized spacial score (nSPS) is 12.6.